The average Bonchev–Trinajstić information content (AvgIpc) is 2.46. The Kier molecular flexibility index (Phi) is 4.68. The summed E-state index contributed by atoms with van der Waals surface area (Å²) in [6, 6.07) is 10.2. The van der Waals surface area contributed by atoms with Crippen molar-refractivity contribution in [3.8, 4) is 0 Å². The first-order valence-corrected chi connectivity index (χ1v) is 6.99. The van der Waals surface area contributed by atoms with Gasteiger partial charge in [-0.1, -0.05) is 23.7 Å². The van der Waals surface area contributed by atoms with Gasteiger partial charge in [0.15, 0.2) is 0 Å². The van der Waals surface area contributed by atoms with Crippen molar-refractivity contribution in [2.24, 2.45) is 0 Å². The first kappa shape index (κ1) is 15.9. The molecule has 5 nitrogen and oxygen atoms in total. The summed E-state index contributed by atoms with van der Waals surface area (Å²) in [5, 5.41) is 5.49. The predicted octanol–water partition coefficient (Wildman–Crippen LogP) is 3.12. The molecule has 114 valence electrons. The van der Waals surface area contributed by atoms with E-state index in [1.54, 1.807) is 30.3 Å². The fraction of sp³-hybridized carbons (Fsp3) is 0.125. The van der Waals surface area contributed by atoms with E-state index in [1.807, 2.05) is 19.9 Å². The van der Waals surface area contributed by atoms with E-state index in [4.69, 9.17) is 17.3 Å². The van der Waals surface area contributed by atoms with Crippen molar-refractivity contribution in [3.63, 3.8) is 0 Å². The van der Waals surface area contributed by atoms with Crippen molar-refractivity contribution in [1.82, 2.24) is 0 Å². The van der Waals surface area contributed by atoms with E-state index in [0.717, 1.165) is 11.1 Å². The normalized spacial score (nSPS) is 10.1. The topological polar surface area (TPSA) is 84.2 Å². The number of hydrogen-bond donors (Lipinski definition) is 3. The van der Waals surface area contributed by atoms with Gasteiger partial charge in [-0.3, -0.25) is 9.59 Å². The summed E-state index contributed by atoms with van der Waals surface area (Å²) >= 11 is 5.98. The zero-order valence-electron chi connectivity index (χ0n) is 12.2. The summed E-state index contributed by atoms with van der Waals surface area (Å²) in [7, 11) is 0. The fourth-order valence-corrected chi connectivity index (χ4v) is 2.00. The molecular weight excluding hydrogens is 302 g/mol. The van der Waals surface area contributed by atoms with Gasteiger partial charge in [0, 0.05) is 10.7 Å². The van der Waals surface area contributed by atoms with E-state index < -0.39 is 11.8 Å². The highest BCUT2D eigenvalue weighted by atomic mass is 35.5. The highest BCUT2D eigenvalue weighted by Crippen LogP contribution is 2.21. The van der Waals surface area contributed by atoms with Gasteiger partial charge in [0.2, 0.25) is 0 Å². The number of halogens is 1. The van der Waals surface area contributed by atoms with Crippen molar-refractivity contribution in [1.29, 1.82) is 0 Å². The maximum Gasteiger partial charge on any atom is 0.314 e. The molecule has 2 aromatic carbocycles. The lowest BCUT2D eigenvalue weighted by atomic mass is 10.2. The Bertz CT molecular complexity index is 744. The molecule has 0 heterocycles. The summed E-state index contributed by atoms with van der Waals surface area (Å²) in [4.78, 5) is 23.8. The van der Waals surface area contributed by atoms with Crippen LogP contribution in [-0.4, -0.2) is 11.8 Å². The summed E-state index contributed by atoms with van der Waals surface area (Å²) in [5.41, 5.74) is 8.83. The van der Waals surface area contributed by atoms with Crippen molar-refractivity contribution in [2.75, 3.05) is 16.4 Å². The molecule has 0 aliphatic rings. The van der Waals surface area contributed by atoms with Crippen molar-refractivity contribution < 1.29 is 9.59 Å². The molecule has 0 saturated carbocycles. The summed E-state index contributed by atoms with van der Waals surface area (Å²) < 4.78 is 0. The molecule has 0 spiro atoms. The van der Waals surface area contributed by atoms with Crippen LogP contribution in [0.2, 0.25) is 5.02 Å². The third-order valence-electron chi connectivity index (χ3n) is 3.09. The molecule has 0 saturated heterocycles. The van der Waals surface area contributed by atoms with Crippen molar-refractivity contribution in [2.45, 2.75) is 13.8 Å². The molecule has 0 aromatic heterocycles. The van der Waals surface area contributed by atoms with Crippen LogP contribution in [0.4, 0.5) is 17.1 Å². The largest absolute Gasteiger partial charge is 0.397 e. The standard InChI is InChI=1S/C16H16ClN3O2/c1-9-3-6-13(18)14(7-9)20-16(22)15(21)19-11-5-4-10(2)12(17)8-11/h3-8H,18H2,1-2H3,(H,19,21)(H,20,22). The number of amides is 2. The van der Waals surface area contributed by atoms with E-state index in [-0.39, 0.29) is 0 Å². The number of anilines is 3. The number of carbonyl (C=O) groups excluding carboxylic acids is 2. The monoisotopic (exact) mass is 317 g/mol. The summed E-state index contributed by atoms with van der Waals surface area (Å²) in [6.45, 7) is 3.71. The Morgan fingerprint density at radius 3 is 2.36 bits per heavy atom. The Labute approximate surface area is 133 Å². The second kappa shape index (κ2) is 6.49. The van der Waals surface area contributed by atoms with Crippen LogP contribution in [0.1, 0.15) is 11.1 Å². The minimum absolute atomic E-state index is 0.394. The highest BCUT2D eigenvalue weighted by Gasteiger charge is 2.15. The van der Waals surface area contributed by atoms with Crippen LogP contribution in [0.25, 0.3) is 0 Å². The van der Waals surface area contributed by atoms with Gasteiger partial charge < -0.3 is 16.4 Å². The first-order chi connectivity index (χ1) is 10.4. The van der Waals surface area contributed by atoms with E-state index in [9.17, 15) is 9.59 Å². The van der Waals surface area contributed by atoms with Gasteiger partial charge >= 0.3 is 11.8 Å². The molecule has 0 fully saturated rings. The average molecular weight is 318 g/mol. The second-order valence-electron chi connectivity index (χ2n) is 4.96. The van der Waals surface area contributed by atoms with Crippen LogP contribution in [0.3, 0.4) is 0 Å². The van der Waals surface area contributed by atoms with E-state index >= 15 is 0 Å². The number of nitrogen functional groups attached to an aromatic ring is 1. The zero-order valence-corrected chi connectivity index (χ0v) is 13.0. The van der Waals surface area contributed by atoms with Gasteiger partial charge in [-0.15, -0.1) is 0 Å². The number of nitrogens with one attached hydrogen (secondary N) is 2. The minimum atomic E-state index is -0.797. The number of nitrogens with two attached hydrogens (primary N) is 1. The zero-order chi connectivity index (χ0) is 16.3. The van der Waals surface area contributed by atoms with Gasteiger partial charge in [-0.2, -0.15) is 0 Å². The van der Waals surface area contributed by atoms with Gasteiger partial charge in [0.25, 0.3) is 0 Å². The maximum atomic E-state index is 11.9. The third kappa shape index (κ3) is 3.77. The lowest BCUT2D eigenvalue weighted by molar-refractivity contribution is -0.132. The SMILES string of the molecule is Cc1ccc(N)c(NC(=O)C(=O)Nc2ccc(C)c(Cl)c2)c1. The number of hydrogen-bond acceptors (Lipinski definition) is 3. The Hall–Kier alpha value is -2.53. The molecule has 0 atom stereocenters. The van der Waals surface area contributed by atoms with Crippen LogP contribution < -0.4 is 16.4 Å². The molecular formula is C16H16ClN3O2. The molecule has 0 radical (unpaired) electrons. The molecule has 0 aliphatic heterocycles. The van der Waals surface area contributed by atoms with E-state index in [2.05, 4.69) is 10.6 Å². The van der Waals surface area contributed by atoms with Gasteiger partial charge in [0.1, 0.15) is 0 Å². The van der Waals surface area contributed by atoms with Gasteiger partial charge in [0.05, 0.1) is 11.4 Å². The molecule has 6 heteroatoms. The van der Waals surface area contributed by atoms with E-state index in [0.29, 0.717) is 22.1 Å². The number of aryl methyl sites for hydroxylation is 2. The molecule has 0 unspecified atom stereocenters. The van der Waals surface area contributed by atoms with Gasteiger partial charge in [-0.05, 0) is 49.2 Å². The number of rotatable bonds is 2. The lowest BCUT2D eigenvalue weighted by Crippen LogP contribution is -2.29. The molecule has 2 rings (SSSR count). The quantitative estimate of drug-likeness (QED) is 0.587. The van der Waals surface area contributed by atoms with Crippen LogP contribution in [0.15, 0.2) is 36.4 Å². The number of carbonyl (C=O) groups is 2. The third-order valence-corrected chi connectivity index (χ3v) is 3.50. The van der Waals surface area contributed by atoms with Crippen molar-refractivity contribution in [3.05, 3.63) is 52.5 Å². The Morgan fingerprint density at radius 2 is 1.68 bits per heavy atom. The van der Waals surface area contributed by atoms with Crippen LogP contribution in [-0.2, 0) is 9.59 Å². The minimum Gasteiger partial charge on any atom is -0.397 e. The fourth-order valence-electron chi connectivity index (χ4n) is 1.82. The Balaban J connectivity index is 2.07. The smallest absolute Gasteiger partial charge is 0.314 e. The molecule has 4 N–H and O–H groups in total. The molecule has 2 amide bonds. The Morgan fingerprint density at radius 1 is 1.00 bits per heavy atom. The number of benzene rings is 2. The summed E-state index contributed by atoms with van der Waals surface area (Å²) in [6.07, 6.45) is 0. The van der Waals surface area contributed by atoms with Crippen LogP contribution >= 0.6 is 11.6 Å². The van der Waals surface area contributed by atoms with Crippen molar-refractivity contribution >= 4 is 40.5 Å². The highest BCUT2D eigenvalue weighted by molar-refractivity contribution is 6.44. The molecule has 0 bridgehead atoms. The molecule has 0 aliphatic carbocycles. The summed E-state index contributed by atoms with van der Waals surface area (Å²) in [5.74, 6) is -1.59. The van der Waals surface area contributed by atoms with Gasteiger partial charge in [-0.25, -0.2) is 0 Å². The predicted molar refractivity (Wildman–Crippen MR) is 89.0 cm³/mol. The molecule has 2 aromatic rings. The first-order valence-electron chi connectivity index (χ1n) is 6.61. The van der Waals surface area contributed by atoms with E-state index in [1.165, 1.54) is 0 Å². The maximum absolute atomic E-state index is 11.9. The lowest BCUT2D eigenvalue weighted by Gasteiger charge is -2.10. The molecule has 22 heavy (non-hydrogen) atoms. The van der Waals surface area contributed by atoms with Crippen LogP contribution in [0.5, 0.6) is 0 Å². The van der Waals surface area contributed by atoms with Crippen LogP contribution in [0, 0.1) is 13.8 Å². The second-order valence-corrected chi connectivity index (χ2v) is 5.37.